The molecule has 7 nitrogen and oxygen atoms in total. The molecule has 1 aliphatic heterocycles. The van der Waals surface area contributed by atoms with E-state index in [1.807, 2.05) is 19.1 Å². The van der Waals surface area contributed by atoms with E-state index in [4.69, 9.17) is 16.3 Å². The number of allylic oxidation sites excluding steroid dienone is 2. The van der Waals surface area contributed by atoms with Gasteiger partial charge in [0.1, 0.15) is 0 Å². The van der Waals surface area contributed by atoms with Gasteiger partial charge in [0.05, 0.1) is 28.1 Å². The standard InChI is InChI=1S/C24H20BrClN2O5/c1-13-3-2-4-17-21(13)23(31)28(22(17)30)16-8-5-14(6-9-16)24(32)33-12-20(29)27-15-7-10-18(25)19(26)11-15/h2-3,5-11,13,17,21H,4,12H2,1H3,(H,27,29)/t13-,17-,21-/m1/s1. The van der Waals surface area contributed by atoms with E-state index >= 15 is 0 Å². The number of fused-ring (bicyclic) bond motifs is 1. The molecule has 0 unspecified atom stereocenters. The summed E-state index contributed by atoms with van der Waals surface area (Å²) in [6.45, 7) is 1.45. The number of hydrogen-bond acceptors (Lipinski definition) is 5. The minimum Gasteiger partial charge on any atom is -0.452 e. The van der Waals surface area contributed by atoms with Gasteiger partial charge in [-0.1, -0.05) is 30.7 Å². The zero-order valence-electron chi connectivity index (χ0n) is 17.6. The number of rotatable bonds is 5. The number of nitrogens with zero attached hydrogens (tertiary/aromatic N) is 1. The van der Waals surface area contributed by atoms with Crippen molar-refractivity contribution in [3.63, 3.8) is 0 Å². The molecule has 33 heavy (non-hydrogen) atoms. The van der Waals surface area contributed by atoms with Gasteiger partial charge in [-0.3, -0.25) is 19.3 Å². The molecule has 4 rings (SSSR count). The second kappa shape index (κ2) is 9.49. The van der Waals surface area contributed by atoms with Gasteiger partial charge in [0, 0.05) is 10.2 Å². The van der Waals surface area contributed by atoms with Crippen molar-refractivity contribution in [3.05, 3.63) is 69.7 Å². The molecule has 1 fully saturated rings. The minimum atomic E-state index is -0.698. The minimum absolute atomic E-state index is 0.000896. The van der Waals surface area contributed by atoms with Crippen molar-refractivity contribution in [2.45, 2.75) is 13.3 Å². The number of hydrogen-bond donors (Lipinski definition) is 1. The Balaban J connectivity index is 1.36. The molecule has 0 radical (unpaired) electrons. The van der Waals surface area contributed by atoms with Crippen molar-refractivity contribution >= 4 is 62.6 Å². The summed E-state index contributed by atoms with van der Waals surface area (Å²) in [5.74, 6) is -2.36. The summed E-state index contributed by atoms with van der Waals surface area (Å²) < 4.78 is 5.76. The normalized spacial score (nSPS) is 21.7. The van der Waals surface area contributed by atoms with Crippen LogP contribution in [0.4, 0.5) is 11.4 Å². The molecule has 0 spiro atoms. The van der Waals surface area contributed by atoms with Gasteiger partial charge >= 0.3 is 5.97 Å². The van der Waals surface area contributed by atoms with E-state index in [1.54, 1.807) is 18.2 Å². The molecule has 0 saturated carbocycles. The quantitative estimate of drug-likeness (QED) is 0.346. The maximum atomic E-state index is 12.9. The number of ether oxygens (including phenoxy) is 1. The van der Waals surface area contributed by atoms with E-state index in [0.717, 1.165) is 0 Å². The largest absolute Gasteiger partial charge is 0.452 e. The fourth-order valence-electron chi connectivity index (χ4n) is 4.13. The van der Waals surface area contributed by atoms with Gasteiger partial charge in [0.15, 0.2) is 6.61 Å². The summed E-state index contributed by atoms with van der Waals surface area (Å²) in [4.78, 5) is 51.3. The van der Waals surface area contributed by atoms with Crippen molar-refractivity contribution in [2.75, 3.05) is 16.8 Å². The van der Waals surface area contributed by atoms with Crippen LogP contribution < -0.4 is 10.2 Å². The van der Waals surface area contributed by atoms with Gasteiger partial charge in [0.25, 0.3) is 5.91 Å². The van der Waals surface area contributed by atoms with Gasteiger partial charge in [-0.25, -0.2) is 4.79 Å². The lowest BCUT2D eigenvalue weighted by atomic mass is 9.78. The maximum Gasteiger partial charge on any atom is 0.338 e. The Labute approximate surface area is 203 Å². The first-order valence-electron chi connectivity index (χ1n) is 10.3. The smallest absolute Gasteiger partial charge is 0.338 e. The van der Waals surface area contributed by atoms with Crippen molar-refractivity contribution in [2.24, 2.45) is 17.8 Å². The van der Waals surface area contributed by atoms with Crippen LogP contribution in [0.25, 0.3) is 0 Å². The van der Waals surface area contributed by atoms with Crippen molar-refractivity contribution in [1.29, 1.82) is 0 Å². The molecular formula is C24H20BrClN2O5. The average molecular weight is 532 g/mol. The first kappa shape index (κ1) is 23.2. The van der Waals surface area contributed by atoms with E-state index < -0.39 is 18.5 Å². The topological polar surface area (TPSA) is 92.8 Å². The molecular weight excluding hydrogens is 512 g/mol. The molecule has 0 bridgehead atoms. The zero-order valence-corrected chi connectivity index (χ0v) is 19.9. The number of anilines is 2. The number of imide groups is 1. The number of carbonyl (C=O) groups is 4. The Hall–Kier alpha value is -2.97. The van der Waals surface area contributed by atoms with Crippen molar-refractivity contribution < 1.29 is 23.9 Å². The van der Waals surface area contributed by atoms with Crippen molar-refractivity contribution in [1.82, 2.24) is 0 Å². The van der Waals surface area contributed by atoms with Gasteiger partial charge in [-0.05, 0) is 70.7 Å². The number of halogens is 2. The van der Waals surface area contributed by atoms with E-state index in [-0.39, 0.29) is 35.1 Å². The van der Waals surface area contributed by atoms with Crippen LogP contribution in [0.2, 0.25) is 5.02 Å². The van der Waals surface area contributed by atoms with E-state index in [0.29, 0.717) is 27.3 Å². The number of benzene rings is 2. The molecule has 0 aromatic heterocycles. The van der Waals surface area contributed by atoms with Crippen LogP contribution in [0, 0.1) is 17.8 Å². The molecule has 9 heteroatoms. The molecule has 2 aromatic rings. The van der Waals surface area contributed by atoms with Gasteiger partial charge in [0.2, 0.25) is 11.8 Å². The van der Waals surface area contributed by atoms with Gasteiger partial charge in [-0.2, -0.15) is 0 Å². The third kappa shape index (κ3) is 4.72. The fourth-order valence-corrected chi connectivity index (χ4v) is 4.56. The van der Waals surface area contributed by atoms with Crippen molar-refractivity contribution in [3.8, 4) is 0 Å². The highest BCUT2D eigenvalue weighted by atomic mass is 79.9. The summed E-state index contributed by atoms with van der Waals surface area (Å²) in [5, 5.41) is 3.03. The highest BCUT2D eigenvalue weighted by Crippen LogP contribution is 2.40. The van der Waals surface area contributed by atoms with Crippen LogP contribution in [0.1, 0.15) is 23.7 Å². The molecule has 3 amide bonds. The van der Waals surface area contributed by atoms with Crippen LogP contribution in [0.15, 0.2) is 59.1 Å². The van der Waals surface area contributed by atoms with E-state index in [1.165, 1.54) is 29.2 Å². The van der Waals surface area contributed by atoms with Crippen LogP contribution in [-0.4, -0.2) is 30.3 Å². The Morgan fingerprint density at radius 2 is 1.88 bits per heavy atom. The van der Waals surface area contributed by atoms with Gasteiger partial charge in [-0.15, -0.1) is 0 Å². The number of carbonyl (C=O) groups excluding carboxylic acids is 4. The molecule has 170 valence electrons. The Morgan fingerprint density at radius 1 is 1.15 bits per heavy atom. The second-order valence-electron chi connectivity index (χ2n) is 7.97. The summed E-state index contributed by atoms with van der Waals surface area (Å²) in [6, 6.07) is 10.9. The van der Waals surface area contributed by atoms with Gasteiger partial charge < -0.3 is 10.1 Å². The van der Waals surface area contributed by atoms with Crippen LogP contribution in [0.5, 0.6) is 0 Å². The summed E-state index contributed by atoms with van der Waals surface area (Å²) >= 11 is 9.26. The lowest BCUT2D eigenvalue weighted by Gasteiger charge is -2.22. The van der Waals surface area contributed by atoms with Crippen LogP contribution in [0.3, 0.4) is 0 Å². The van der Waals surface area contributed by atoms with E-state index in [2.05, 4.69) is 21.2 Å². The average Bonchev–Trinajstić information content (AvgIpc) is 3.06. The lowest BCUT2D eigenvalue weighted by molar-refractivity contribution is -0.123. The first-order chi connectivity index (χ1) is 15.8. The molecule has 1 heterocycles. The molecule has 2 aliphatic rings. The summed E-state index contributed by atoms with van der Waals surface area (Å²) in [7, 11) is 0. The fraction of sp³-hybridized carbons (Fsp3) is 0.250. The monoisotopic (exact) mass is 530 g/mol. The molecule has 1 saturated heterocycles. The van der Waals surface area contributed by atoms with Crippen LogP contribution >= 0.6 is 27.5 Å². The summed E-state index contributed by atoms with van der Waals surface area (Å²) in [5.41, 5.74) is 1.08. The Bertz CT molecular complexity index is 1160. The Kier molecular flexibility index (Phi) is 6.67. The van der Waals surface area contributed by atoms with E-state index in [9.17, 15) is 19.2 Å². The first-order valence-corrected chi connectivity index (χ1v) is 11.5. The predicted octanol–water partition coefficient (Wildman–Crippen LogP) is 4.60. The molecule has 1 aliphatic carbocycles. The van der Waals surface area contributed by atoms with Crippen LogP contribution in [-0.2, 0) is 19.1 Å². The Morgan fingerprint density at radius 3 is 2.55 bits per heavy atom. The highest BCUT2D eigenvalue weighted by Gasteiger charge is 2.50. The number of esters is 1. The highest BCUT2D eigenvalue weighted by molar-refractivity contribution is 9.10. The molecule has 2 aromatic carbocycles. The summed E-state index contributed by atoms with van der Waals surface area (Å²) in [6.07, 6.45) is 4.46. The zero-order chi connectivity index (χ0) is 23.7. The molecule has 3 atom stereocenters. The molecule has 1 N–H and O–H groups in total. The maximum absolute atomic E-state index is 12.9. The second-order valence-corrected chi connectivity index (χ2v) is 9.23. The predicted molar refractivity (Wildman–Crippen MR) is 127 cm³/mol. The number of nitrogens with one attached hydrogen (secondary N) is 1. The lowest BCUT2D eigenvalue weighted by Crippen LogP contribution is -2.31. The third-order valence-electron chi connectivity index (χ3n) is 5.77. The SMILES string of the molecule is C[C@@H]1C=CC[C@H]2C(=O)N(c3ccc(C(=O)OCC(=O)Nc4ccc(Br)c(Cl)c4)cc3)C(=O)[C@H]12. The number of amides is 3. The third-order valence-corrected chi connectivity index (χ3v) is 7.00.